The summed E-state index contributed by atoms with van der Waals surface area (Å²) in [7, 11) is 0. The van der Waals surface area contributed by atoms with Crippen LogP contribution in [0.3, 0.4) is 0 Å². The lowest BCUT2D eigenvalue weighted by Gasteiger charge is -2.15. The monoisotopic (exact) mass is 468 g/mol. The van der Waals surface area contributed by atoms with E-state index in [4.69, 9.17) is 18.9 Å². The van der Waals surface area contributed by atoms with Crippen molar-refractivity contribution in [2.75, 3.05) is 0 Å². The summed E-state index contributed by atoms with van der Waals surface area (Å²) in [5.74, 6) is -6.07. The molecule has 0 N–H and O–H groups in total. The molecule has 8 nitrogen and oxygen atoms in total. The Hall–Kier alpha value is -4.53. The molecule has 0 amide bonds. The zero-order valence-corrected chi connectivity index (χ0v) is 18.5. The van der Waals surface area contributed by atoms with Crippen molar-refractivity contribution < 1.29 is 42.5 Å². The largest absolute Gasteiger partial charge is 0.422 e. The quantitative estimate of drug-likeness (QED) is 0.304. The van der Waals surface area contributed by atoms with Crippen molar-refractivity contribution in [2.24, 2.45) is 5.92 Å². The molecule has 0 aliphatic rings. The first-order valence-corrected chi connectivity index (χ1v) is 9.82. The molecule has 0 spiro atoms. The van der Waals surface area contributed by atoms with Gasteiger partial charge in [-0.05, 0) is 35.4 Å². The highest BCUT2D eigenvalue weighted by Crippen LogP contribution is 2.39. The van der Waals surface area contributed by atoms with Gasteiger partial charge < -0.3 is 18.9 Å². The van der Waals surface area contributed by atoms with E-state index in [0.717, 1.165) is 24.3 Å². The van der Waals surface area contributed by atoms with Gasteiger partial charge >= 0.3 is 23.9 Å². The molecule has 0 saturated carbocycles. The Morgan fingerprint density at radius 2 is 1.26 bits per heavy atom. The minimum Gasteiger partial charge on any atom is -0.422 e. The molecule has 2 aromatic carbocycles. The average Bonchev–Trinajstić information content (AvgIpc) is 2.81. The normalized spacial score (nSPS) is 10.1. The van der Waals surface area contributed by atoms with Crippen LogP contribution in [-0.4, -0.2) is 23.9 Å². The number of esters is 4. The van der Waals surface area contributed by atoms with Gasteiger partial charge in [-0.2, -0.15) is 0 Å². The van der Waals surface area contributed by atoms with E-state index in [2.05, 4.69) is 19.7 Å². The van der Waals surface area contributed by atoms with Crippen molar-refractivity contribution >= 4 is 23.9 Å². The molecule has 2 aromatic rings. The van der Waals surface area contributed by atoms with Gasteiger partial charge in [0.15, 0.2) is 23.1 Å². The Morgan fingerprint density at radius 3 is 1.82 bits per heavy atom. The second kappa shape index (κ2) is 11.4. The van der Waals surface area contributed by atoms with Gasteiger partial charge in [-0.25, -0.2) is 18.8 Å². The zero-order valence-electron chi connectivity index (χ0n) is 18.5. The molecule has 9 heteroatoms. The molecule has 0 radical (unpaired) electrons. The Kier molecular flexibility index (Phi) is 8.60. The smallest absolute Gasteiger partial charge is 0.335 e. The molecular weight excluding hydrogens is 447 g/mol. The maximum Gasteiger partial charge on any atom is 0.335 e. The summed E-state index contributed by atoms with van der Waals surface area (Å²) in [5, 5.41) is 0. The predicted molar refractivity (Wildman–Crippen MR) is 120 cm³/mol. The van der Waals surface area contributed by atoms with Gasteiger partial charge in [0.05, 0.1) is 5.92 Å². The fraction of sp³-hybridized carbons (Fsp3) is 0.120. The van der Waals surface area contributed by atoms with E-state index in [1.807, 2.05) is 0 Å². The summed E-state index contributed by atoms with van der Waals surface area (Å²) >= 11 is 0. The molecule has 0 aliphatic heterocycles. The third-order valence-corrected chi connectivity index (χ3v) is 4.09. The lowest BCUT2D eigenvalue weighted by Crippen LogP contribution is -2.16. The first-order chi connectivity index (χ1) is 16.1. The zero-order chi connectivity index (χ0) is 25.4. The van der Waals surface area contributed by atoms with E-state index < -0.39 is 41.4 Å². The fourth-order valence-electron chi connectivity index (χ4n) is 2.43. The van der Waals surface area contributed by atoms with Crippen LogP contribution in [0.15, 0.2) is 68.3 Å². The highest BCUT2D eigenvalue weighted by Gasteiger charge is 2.22. The number of hydrogen-bond donors (Lipinski definition) is 0. The van der Waals surface area contributed by atoms with E-state index >= 15 is 0 Å². The maximum atomic E-state index is 14.9. The Balaban J connectivity index is 2.62. The van der Waals surface area contributed by atoms with Gasteiger partial charge in [-0.1, -0.05) is 39.7 Å². The molecule has 176 valence electrons. The van der Waals surface area contributed by atoms with E-state index in [1.165, 1.54) is 24.3 Å². The van der Waals surface area contributed by atoms with Crippen LogP contribution in [0.4, 0.5) is 4.39 Å². The average molecular weight is 468 g/mol. The number of ether oxygens (including phenoxy) is 4. The molecule has 0 aliphatic carbocycles. The molecule has 0 heterocycles. The lowest BCUT2D eigenvalue weighted by molar-refractivity contribution is -0.138. The van der Waals surface area contributed by atoms with Gasteiger partial charge in [0, 0.05) is 18.2 Å². The highest BCUT2D eigenvalue weighted by molar-refractivity contribution is 5.87. The Bertz CT molecular complexity index is 1180. The molecule has 0 fully saturated rings. The summed E-state index contributed by atoms with van der Waals surface area (Å²) in [4.78, 5) is 47.1. The van der Waals surface area contributed by atoms with Gasteiger partial charge in [0.25, 0.3) is 0 Å². The number of benzene rings is 2. The third kappa shape index (κ3) is 6.49. The number of rotatable bonds is 9. The molecule has 0 bridgehead atoms. The lowest BCUT2D eigenvalue weighted by atomic mass is 10.0. The molecule has 0 unspecified atom stereocenters. The van der Waals surface area contributed by atoms with Gasteiger partial charge in [0.1, 0.15) is 0 Å². The SMILES string of the molecule is C=CC(=O)Oc1ccc(-c2cc(F)c(OC(=O)C=C)c(OC(=O)C(C)C)c2)cc1OC(=O)C=C. The van der Waals surface area contributed by atoms with E-state index in [0.29, 0.717) is 0 Å². The summed E-state index contributed by atoms with van der Waals surface area (Å²) in [6, 6.07) is 6.33. The molecule has 0 aromatic heterocycles. The van der Waals surface area contributed by atoms with Crippen molar-refractivity contribution in [3.05, 3.63) is 74.1 Å². The summed E-state index contributed by atoms with van der Waals surface area (Å²) in [5.41, 5.74) is 0.451. The number of halogens is 1. The van der Waals surface area contributed by atoms with Crippen molar-refractivity contribution in [1.29, 1.82) is 0 Å². The van der Waals surface area contributed by atoms with E-state index in [1.54, 1.807) is 13.8 Å². The van der Waals surface area contributed by atoms with Crippen molar-refractivity contribution in [1.82, 2.24) is 0 Å². The first-order valence-electron chi connectivity index (χ1n) is 9.82. The molecule has 0 saturated heterocycles. The van der Waals surface area contributed by atoms with Crippen LogP contribution in [0.1, 0.15) is 13.8 Å². The van der Waals surface area contributed by atoms with Crippen LogP contribution >= 0.6 is 0 Å². The number of hydrogen-bond acceptors (Lipinski definition) is 8. The standard InChI is InChI=1S/C25H21FO8/c1-6-21(27)31-18-10-9-15(12-19(18)32-22(28)7-2)16-11-17(26)24(34-23(29)8-3)20(13-16)33-25(30)14(4)5/h6-14H,1-3H2,4-5H3. The minimum absolute atomic E-state index is 0.104. The van der Waals surface area contributed by atoms with Crippen LogP contribution in [0.25, 0.3) is 11.1 Å². The third-order valence-electron chi connectivity index (χ3n) is 4.09. The highest BCUT2D eigenvalue weighted by atomic mass is 19.1. The van der Waals surface area contributed by atoms with Gasteiger partial charge in [0.2, 0.25) is 5.75 Å². The summed E-state index contributed by atoms with van der Waals surface area (Å²) in [6.45, 7) is 13.0. The van der Waals surface area contributed by atoms with Crippen LogP contribution in [0, 0.1) is 11.7 Å². The topological polar surface area (TPSA) is 105 Å². The Labute approximate surface area is 194 Å². The number of carbonyl (C=O) groups is 4. The van der Waals surface area contributed by atoms with Crippen LogP contribution in [0.5, 0.6) is 23.0 Å². The van der Waals surface area contributed by atoms with E-state index in [9.17, 15) is 23.6 Å². The molecular formula is C25H21FO8. The minimum atomic E-state index is -1.01. The van der Waals surface area contributed by atoms with E-state index in [-0.39, 0.29) is 28.4 Å². The fourth-order valence-corrected chi connectivity index (χ4v) is 2.43. The summed E-state index contributed by atoms with van der Waals surface area (Å²) in [6.07, 6.45) is 2.64. The molecule has 2 rings (SSSR count). The number of carbonyl (C=O) groups excluding carboxylic acids is 4. The Morgan fingerprint density at radius 1 is 0.735 bits per heavy atom. The second-order valence-corrected chi connectivity index (χ2v) is 6.90. The van der Waals surface area contributed by atoms with Gasteiger partial charge in [-0.15, -0.1) is 0 Å². The van der Waals surface area contributed by atoms with Crippen molar-refractivity contribution in [2.45, 2.75) is 13.8 Å². The van der Waals surface area contributed by atoms with Crippen molar-refractivity contribution in [3.63, 3.8) is 0 Å². The summed E-state index contributed by atoms with van der Waals surface area (Å²) < 4.78 is 35.2. The predicted octanol–water partition coefficient (Wildman–Crippen LogP) is 4.33. The van der Waals surface area contributed by atoms with Crippen LogP contribution < -0.4 is 18.9 Å². The molecule has 0 atom stereocenters. The first kappa shape index (κ1) is 25.7. The van der Waals surface area contributed by atoms with Crippen molar-refractivity contribution in [3.8, 4) is 34.1 Å². The second-order valence-electron chi connectivity index (χ2n) is 6.90. The maximum absolute atomic E-state index is 14.9. The van der Waals surface area contributed by atoms with Crippen LogP contribution in [-0.2, 0) is 19.2 Å². The molecule has 34 heavy (non-hydrogen) atoms. The van der Waals surface area contributed by atoms with Crippen LogP contribution in [0.2, 0.25) is 0 Å². The van der Waals surface area contributed by atoms with Gasteiger partial charge in [-0.3, -0.25) is 4.79 Å².